The molecule has 24 heavy (non-hydrogen) atoms. The Morgan fingerprint density at radius 2 is 1.92 bits per heavy atom. The Bertz CT molecular complexity index is 744. The van der Waals surface area contributed by atoms with Crippen LogP contribution >= 0.6 is 0 Å². The fourth-order valence-electron chi connectivity index (χ4n) is 1.92. The van der Waals surface area contributed by atoms with Crippen LogP contribution < -0.4 is 5.32 Å². The molecule has 0 saturated heterocycles. The van der Waals surface area contributed by atoms with Gasteiger partial charge in [0.1, 0.15) is 12.4 Å². The maximum Gasteiger partial charge on any atom is 0.407 e. The van der Waals surface area contributed by atoms with E-state index in [1.165, 1.54) is 12.1 Å². The number of amides is 1. The number of halogens is 1. The molecule has 0 heterocycles. The van der Waals surface area contributed by atoms with Gasteiger partial charge in [-0.15, -0.1) is 0 Å². The summed E-state index contributed by atoms with van der Waals surface area (Å²) in [7, 11) is 0. The minimum absolute atomic E-state index is 0.179. The van der Waals surface area contributed by atoms with E-state index < -0.39 is 17.9 Å². The van der Waals surface area contributed by atoms with Crippen molar-refractivity contribution >= 4 is 18.1 Å². The van der Waals surface area contributed by atoms with Crippen LogP contribution in [0.5, 0.6) is 0 Å². The predicted molar refractivity (Wildman–Crippen MR) is 87.0 cm³/mol. The molecule has 0 aliphatic rings. The molecule has 0 unspecified atom stereocenters. The first-order chi connectivity index (χ1) is 11.6. The molecule has 2 aromatic rings. The van der Waals surface area contributed by atoms with E-state index in [0.29, 0.717) is 5.56 Å². The largest absolute Gasteiger partial charge is 0.478 e. The van der Waals surface area contributed by atoms with Crippen molar-refractivity contribution in [2.75, 3.05) is 6.54 Å². The third kappa shape index (κ3) is 5.24. The maximum atomic E-state index is 13.5. The molecule has 2 N–H and O–H groups in total. The number of rotatable bonds is 6. The molecule has 0 spiro atoms. The van der Waals surface area contributed by atoms with Crippen LogP contribution in [0.25, 0.3) is 6.08 Å². The summed E-state index contributed by atoms with van der Waals surface area (Å²) in [4.78, 5) is 22.2. The number of benzene rings is 2. The number of nitrogens with one attached hydrogen (secondary N) is 1. The summed E-state index contributed by atoms with van der Waals surface area (Å²) in [6, 6.07) is 13.1. The Morgan fingerprint density at radius 1 is 1.17 bits per heavy atom. The number of hydrogen-bond donors (Lipinski definition) is 2. The second-order valence-electron chi connectivity index (χ2n) is 4.89. The molecule has 0 aliphatic heterocycles. The van der Waals surface area contributed by atoms with E-state index in [2.05, 4.69) is 5.32 Å². The number of alkyl carbamates (subject to hydrolysis) is 1. The lowest BCUT2D eigenvalue weighted by atomic mass is 10.1. The minimum Gasteiger partial charge on any atom is -0.478 e. The number of carboxylic acids is 1. The van der Waals surface area contributed by atoms with Gasteiger partial charge in [0.05, 0.1) is 5.56 Å². The Balaban J connectivity index is 1.77. The first-order valence-corrected chi connectivity index (χ1v) is 7.20. The standard InChI is InChI=1S/C18H16FNO4/c19-16-11-13(8-9-15(16)17(21)22)7-4-10-20-18(23)24-12-14-5-2-1-3-6-14/h1-9,11H,10,12H2,(H,20,23)(H,21,22). The summed E-state index contributed by atoms with van der Waals surface area (Å²) < 4.78 is 18.5. The van der Waals surface area contributed by atoms with Crippen LogP contribution in [0, 0.1) is 5.82 Å². The molecule has 2 rings (SSSR count). The SMILES string of the molecule is O=C(NCC=Cc1ccc(C(=O)O)c(F)c1)OCc1ccccc1. The van der Waals surface area contributed by atoms with E-state index in [1.54, 1.807) is 12.2 Å². The molecular formula is C18H16FNO4. The fourth-order valence-corrected chi connectivity index (χ4v) is 1.92. The van der Waals surface area contributed by atoms with Gasteiger partial charge in [-0.05, 0) is 23.3 Å². The Kier molecular flexibility index (Phi) is 6.08. The molecule has 0 bridgehead atoms. The van der Waals surface area contributed by atoms with Crippen molar-refractivity contribution in [3.63, 3.8) is 0 Å². The van der Waals surface area contributed by atoms with Gasteiger partial charge in [-0.1, -0.05) is 48.6 Å². The zero-order valence-corrected chi connectivity index (χ0v) is 12.7. The minimum atomic E-state index is -1.31. The zero-order chi connectivity index (χ0) is 17.4. The van der Waals surface area contributed by atoms with Crippen LogP contribution in [0.4, 0.5) is 9.18 Å². The molecule has 0 atom stereocenters. The van der Waals surface area contributed by atoms with E-state index in [4.69, 9.17) is 9.84 Å². The van der Waals surface area contributed by atoms with Gasteiger partial charge in [0.25, 0.3) is 0 Å². The molecule has 1 amide bonds. The highest BCUT2D eigenvalue weighted by Crippen LogP contribution is 2.11. The van der Waals surface area contributed by atoms with Crippen molar-refractivity contribution in [2.24, 2.45) is 0 Å². The topological polar surface area (TPSA) is 75.6 Å². The van der Waals surface area contributed by atoms with Crippen molar-refractivity contribution < 1.29 is 23.8 Å². The van der Waals surface area contributed by atoms with Crippen molar-refractivity contribution in [2.45, 2.75) is 6.61 Å². The number of ether oxygens (including phenoxy) is 1. The first kappa shape index (κ1) is 17.2. The van der Waals surface area contributed by atoms with E-state index in [1.807, 2.05) is 30.3 Å². The van der Waals surface area contributed by atoms with E-state index in [-0.39, 0.29) is 18.7 Å². The third-order valence-corrected chi connectivity index (χ3v) is 3.11. The molecule has 0 fully saturated rings. The van der Waals surface area contributed by atoms with Crippen molar-refractivity contribution in [1.29, 1.82) is 0 Å². The first-order valence-electron chi connectivity index (χ1n) is 7.20. The lowest BCUT2D eigenvalue weighted by Gasteiger charge is -2.05. The van der Waals surface area contributed by atoms with Gasteiger partial charge in [-0.3, -0.25) is 0 Å². The van der Waals surface area contributed by atoms with Crippen molar-refractivity contribution in [1.82, 2.24) is 5.32 Å². The van der Waals surface area contributed by atoms with Gasteiger partial charge in [0.2, 0.25) is 0 Å². The summed E-state index contributed by atoms with van der Waals surface area (Å²) >= 11 is 0. The van der Waals surface area contributed by atoms with Gasteiger partial charge in [-0.25, -0.2) is 14.0 Å². The van der Waals surface area contributed by atoms with Gasteiger partial charge >= 0.3 is 12.1 Å². The smallest absolute Gasteiger partial charge is 0.407 e. The normalized spacial score (nSPS) is 10.5. The molecular weight excluding hydrogens is 313 g/mol. The molecule has 5 nitrogen and oxygen atoms in total. The van der Waals surface area contributed by atoms with Gasteiger partial charge in [-0.2, -0.15) is 0 Å². The van der Waals surface area contributed by atoms with E-state index >= 15 is 0 Å². The lowest BCUT2D eigenvalue weighted by molar-refractivity contribution is 0.0692. The zero-order valence-electron chi connectivity index (χ0n) is 12.7. The molecule has 0 aliphatic carbocycles. The fraction of sp³-hybridized carbons (Fsp3) is 0.111. The number of carboxylic acid groups (broad SMARTS) is 1. The number of hydrogen-bond acceptors (Lipinski definition) is 3. The Hall–Kier alpha value is -3.15. The van der Waals surface area contributed by atoms with Gasteiger partial charge < -0.3 is 15.2 Å². The van der Waals surface area contributed by atoms with Gasteiger partial charge in [0.15, 0.2) is 0 Å². The second-order valence-corrected chi connectivity index (χ2v) is 4.89. The predicted octanol–water partition coefficient (Wildman–Crippen LogP) is 3.46. The van der Waals surface area contributed by atoms with Crippen molar-refractivity contribution in [3.8, 4) is 0 Å². The average Bonchev–Trinajstić information content (AvgIpc) is 2.57. The summed E-state index contributed by atoms with van der Waals surface area (Å²) in [5, 5.41) is 11.3. The number of aromatic carboxylic acids is 1. The Labute approximate surface area is 138 Å². The molecule has 2 aromatic carbocycles. The van der Waals surface area contributed by atoms with Crippen LogP contribution in [-0.2, 0) is 11.3 Å². The maximum absolute atomic E-state index is 13.5. The highest BCUT2D eigenvalue weighted by molar-refractivity contribution is 5.88. The molecule has 6 heteroatoms. The van der Waals surface area contributed by atoms with E-state index in [0.717, 1.165) is 11.6 Å². The van der Waals surface area contributed by atoms with Crippen LogP contribution in [0.1, 0.15) is 21.5 Å². The number of carbonyl (C=O) groups excluding carboxylic acids is 1. The summed E-state index contributed by atoms with van der Waals surface area (Å²) in [6.07, 6.45) is 2.63. The second kappa shape index (κ2) is 8.47. The third-order valence-electron chi connectivity index (χ3n) is 3.11. The summed E-state index contributed by atoms with van der Waals surface area (Å²) in [5.41, 5.74) is 1.00. The summed E-state index contributed by atoms with van der Waals surface area (Å²) in [5.74, 6) is -2.12. The molecule has 0 aromatic heterocycles. The van der Waals surface area contributed by atoms with Crippen LogP contribution in [0.3, 0.4) is 0 Å². The summed E-state index contributed by atoms with van der Waals surface area (Å²) in [6.45, 7) is 0.383. The van der Waals surface area contributed by atoms with E-state index in [9.17, 15) is 14.0 Å². The highest BCUT2D eigenvalue weighted by atomic mass is 19.1. The van der Waals surface area contributed by atoms with Crippen molar-refractivity contribution in [3.05, 3.63) is 77.1 Å². The quantitative estimate of drug-likeness (QED) is 0.851. The number of carbonyl (C=O) groups is 2. The molecule has 0 radical (unpaired) electrons. The van der Waals surface area contributed by atoms with Gasteiger partial charge in [0, 0.05) is 6.54 Å². The van der Waals surface area contributed by atoms with Crippen LogP contribution in [0.2, 0.25) is 0 Å². The highest BCUT2D eigenvalue weighted by Gasteiger charge is 2.09. The molecule has 124 valence electrons. The monoisotopic (exact) mass is 329 g/mol. The van der Waals surface area contributed by atoms with Crippen LogP contribution in [0.15, 0.2) is 54.6 Å². The van der Waals surface area contributed by atoms with Crippen LogP contribution in [-0.4, -0.2) is 23.7 Å². The Morgan fingerprint density at radius 3 is 2.58 bits per heavy atom. The lowest BCUT2D eigenvalue weighted by Crippen LogP contribution is -2.24. The molecule has 0 saturated carbocycles. The average molecular weight is 329 g/mol.